The summed E-state index contributed by atoms with van der Waals surface area (Å²) in [4.78, 5) is 12.2. The van der Waals surface area contributed by atoms with Gasteiger partial charge in [0.05, 0.1) is 11.7 Å². The van der Waals surface area contributed by atoms with E-state index >= 15 is 0 Å². The van der Waals surface area contributed by atoms with Crippen molar-refractivity contribution in [2.24, 2.45) is 45.8 Å². The van der Waals surface area contributed by atoms with Gasteiger partial charge in [-0.1, -0.05) is 33.3 Å². The molecule has 3 nitrogen and oxygen atoms in total. The summed E-state index contributed by atoms with van der Waals surface area (Å²) < 4.78 is 7.22. The molecule has 11 atom stereocenters. The summed E-state index contributed by atoms with van der Waals surface area (Å²) >= 11 is 0. The fourth-order valence-electron chi connectivity index (χ4n) is 11.0. The molecule has 1 N–H and O–H groups in total. The first-order valence-corrected chi connectivity index (χ1v) is 13.4. The quantitative estimate of drug-likeness (QED) is 0.575. The molecule has 170 valence electrons. The zero-order valence-electron chi connectivity index (χ0n) is 20.0. The highest BCUT2D eigenvalue weighted by molar-refractivity contribution is 5.91. The van der Waals surface area contributed by atoms with Crippen molar-refractivity contribution in [2.45, 2.75) is 103 Å². The third-order valence-electron chi connectivity index (χ3n) is 12.6. The zero-order valence-corrected chi connectivity index (χ0v) is 20.0. The summed E-state index contributed by atoms with van der Waals surface area (Å²) in [6.45, 7) is 11.2. The first kappa shape index (κ1) is 19.8. The Labute approximate surface area is 188 Å². The van der Waals surface area contributed by atoms with Crippen LogP contribution in [0.1, 0.15) is 85.5 Å². The lowest BCUT2D eigenvalue weighted by Crippen LogP contribution is -2.53. The van der Waals surface area contributed by atoms with Crippen molar-refractivity contribution in [1.29, 1.82) is 0 Å². The predicted octanol–water partition coefficient (Wildman–Crippen LogP) is 5.29. The molecule has 0 amide bonds. The number of piperidine rings is 1. The van der Waals surface area contributed by atoms with Gasteiger partial charge in [-0.3, -0.25) is 4.79 Å². The van der Waals surface area contributed by atoms with Gasteiger partial charge in [0.2, 0.25) is 0 Å². The molecular formula is C28H41NO2. The molecule has 3 heteroatoms. The van der Waals surface area contributed by atoms with Crippen molar-refractivity contribution in [3.8, 4) is 0 Å². The Morgan fingerprint density at radius 2 is 1.94 bits per heavy atom. The second-order valence-corrected chi connectivity index (χ2v) is 13.5. The van der Waals surface area contributed by atoms with Crippen molar-refractivity contribution in [2.75, 3.05) is 6.54 Å². The van der Waals surface area contributed by atoms with E-state index in [0.717, 1.165) is 43.1 Å². The van der Waals surface area contributed by atoms with Gasteiger partial charge in [-0.05, 0) is 98.5 Å². The van der Waals surface area contributed by atoms with Gasteiger partial charge >= 0.3 is 0 Å². The summed E-state index contributed by atoms with van der Waals surface area (Å²) in [6, 6.07) is 0.558. The van der Waals surface area contributed by atoms with Crippen molar-refractivity contribution in [3.05, 3.63) is 11.6 Å². The highest BCUT2D eigenvalue weighted by atomic mass is 16.5. The van der Waals surface area contributed by atoms with Crippen LogP contribution in [0.4, 0.5) is 0 Å². The molecular weight excluding hydrogens is 382 g/mol. The van der Waals surface area contributed by atoms with Crippen LogP contribution in [0.3, 0.4) is 0 Å². The van der Waals surface area contributed by atoms with E-state index in [0.29, 0.717) is 34.7 Å². The number of allylic oxidation sites excluding steroid dienone is 2. The maximum atomic E-state index is 12.2. The molecule has 0 aromatic rings. The lowest BCUT2D eigenvalue weighted by atomic mass is 9.56. The van der Waals surface area contributed by atoms with Crippen LogP contribution in [0.15, 0.2) is 11.6 Å². The number of ketones is 1. The Bertz CT molecular complexity index is 880. The minimum atomic E-state index is 0.0888. The zero-order chi connectivity index (χ0) is 21.4. The monoisotopic (exact) mass is 423 g/mol. The highest BCUT2D eigenvalue weighted by Gasteiger charge is 2.84. The molecule has 4 saturated carbocycles. The van der Waals surface area contributed by atoms with E-state index in [2.05, 4.69) is 39.1 Å². The van der Waals surface area contributed by atoms with Crippen molar-refractivity contribution >= 4 is 5.78 Å². The third-order valence-corrected chi connectivity index (χ3v) is 12.6. The van der Waals surface area contributed by atoms with Gasteiger partial charge in [-0.15, -0.1) is 0 Å². The van der Waals surface area contributed by atoms with E-state index < -0.39 is 0 Å². The summed E-state index contributed by atoms with van der Waals surface area (Å²) in [5, 5.41) is 3.90. The number of ether oxygens (including phenoxy) is 1. The first-order chi connectivity index (χ1) is 14.7. The Balaban J connectivity index is 1.24. The van der Waals surface area contributed by atoms with E-state index in [1.807, 2.05) is 0 Å². The van der Waals surface area contributed by atoms with E-state index in [1.165, 1.54) is 50.5 Å². The van der Waals surface area contributed by atoms with Crippen LogP contribution < -0.4 is 5.32 Å². The van der Waals surface area contributed by atoms with E-state index in [-0.39, 0.29) is 11.0 Å². The van der Waals surface area contributed by atoms with Crippen LogP contribution in [0, 0.1) is 45.8 Å². The van der Waals surface area contributed by atoms with Crippen molar-refractivity contribution < 1.29 is 9.53 Å². The standard InChI is InChI=1S/C28H41NO2/c1-16-11-23-24(29-14-16)17(2)28(31-23)10-8-21-20-6-5-18-12-19(30)7-9-25(18,3)22(20)13-27(21)15-26(27,28)4/h12,16-17,20-24,29H,5-11,13-15H2,1-4H3/t16-,17+,20-,21-,22-,23+,24-,25-,26?,27?,28?/m0/s1. The van der Waals surface area contributed by atoms with Gasteiger partial charge in [0, 0.05) is 23.8 Å². The van der Waals surface area contributed by atoms with E-state index in [9.17, 15) is 4.79 Å². The minimum absolute atomic E-state index is 0.0888. The number of hydrogen-bond donors (Lipinski definition) is 1. The minimum Gasteiger partial charge on any atom is -0.369 e. The maximum Gasteiger partial charge on any atom is 0.155 e. The fourth-order valence-corrected chi connectivity index (χ4v) is 11.0. The van der Waals surface area contributed by atoms with Crippen LogP contribution in [0.2, 0.25) is 0 Å². The molecule has 7 aliphatic rings. The maximum absolute atomic E-state index is 12.2. The second kappa shape index (κ2) is 5.87. The summed E-state index contributed by atoms with van der Waals surface area (Å²) in [7, 11) is 0. The average Bonchev–Trinajstić information content (AvgIpc) is 3.08. The Morgan fingerprint density at radius 3 is 2.77 bits per heavy atom. The van der Waals surface area contributed by atoms with Crippen molar-refractivity contribution in [1.82, 2.24) is 5.32 Å². The van der Waals surface area contributed by atoms with Gasteiger partial charge in [-0.2, -0.15) is 0 Å². The number of nitrogens with one attached hydrogen (secondary N) is 1. The van der Waals surface area contributed by atoms with Crippen LogP contribution in [0.25, 0.3) is 0 Å². The third kappa shape index (κ3) is 2.13. The number of fused-ring (bicyclic) bond motifs is 6. The molecule has 0 bridgehead atoms. The summed E-state index contributed by atoms with van der Waals surface area (Å²) in [5.41, 5.74) is 2.74. The lowest BCUT2D eigenvalue weighted by molar-refractivity contribution is -0.147. The lowest BCUT2D eigenvalue weighted by Gasteiger charge is -2.50. The van der Waals surface area contributed by atoms with Gasteiger partial charge < -0.3 is 10.1 Å². The second-order valence-electron chi connectivity index (χ2n) is 13.5. The smallest absolute Gasteiger partial charge is 0.155 e. The molecule has 2 aliphatic heterocycles. The highest BCUT2D eigenvalue weighted by Crippen LogP contribution is 2.87. The Hall–Kier alpha value is -0.670. The fraction of sp³-hybridized carbons (Fsp3) is 0.893. The largest absolute Gasteiger partial charge is 0.369 e. The Kier molecular flexibility index (Phi) is 3.74. The molecule has 0 aromatic heterocycles. The topological polar surface area (TPSA) is 38.3 Å². The number of hydrogen-bond acceptors (Lipinski definition) is 3. The van der Waals surface area contributed by atoms with Crippen LogP contribution in [0.5, 0.6) is 0 Å². The van der Waals surface area contributed by atoms with Crippen LogP contribution >= 0.6 is 0 Å². The van der Waals surface area contributed by atoms with Gasteiger partial charge in [0.15, 0.2) is 5.78 Å². The molecule has 6 fully saturated rings. The summed E-state index contributed by atoms with van der Waals surface area (Å²) in [5.74, 6) is 4.30. The molecule has 2 heterocycles. The average molecular weight is 424 g/mol. The van der Waals surface area contributed by atoms with Gasteiger partial charge in [0.1, 0.15) is 0 Å². The molecule has 5 aliphatic carbocycles. The van der Waals surface area contributed by atoms with E-state index in [1.54, 1.807) is 0 Å². The molecule has 0 aromatic carbocycles. The normalized spacial score (nSPS) is 61.7. The molecule has 31 heavy (non-hydrogen) atoms. The number of carbonyl (C=O) groups excluding carboxylic acids is 1. The molecule has 7 rings (SSSR count). The SMILES string of the molecule is C[C@@H]1CN[C@H]2[C@@H](C)C3(CC[C@H]4[C@@H]5CCC6=CC(=O)CC[C@]6(C)[C@H]5CC45CC53C)O[C@@H]2C1. The van der Waals surface area contributed by atoms with Gasteiger partial charge in [0.25, 0.3) is 0 Å². The first-order valence-electron chi connectivity index (χ1n) is 13.4. The predicted molar refractivity (Wildman–Crippen MR) is 121 cm³/mol. The van der Waals surface area contributed by atoms with Crippen LogP contribution in [-0.4, -0.2) is 30.1 Å². The molecule has 2 saturated heterocycles. The molecule has 3 unspecified atom stereocenters. The van der Waals surface area contributed by atoms with Crippen LogP contribution in [-0.2, 0) is 9.53 Å². The van der Waals surface area contributed by atoms with Crippen molar-refractivity contribution in [3.63, 3.8) is 0 Å². The summed E-state index contributed by atoms with van der Waals surface area (Å²) in [6.07, 6.45) is 13.6. The molecule has 0 radical (unpaired) electrons. The number of carbonyl (C=O) groups is 1. The number of rotatable bonds is 0. The van der Waals surface area contributed by atoms with Gasteiger partial charge in [-0.25, -0.2) is 0 Å². The Morgan fingerprint density at radius 1 is 1.10 bits per heavy atom. The van der Waals surface area contributed by atoms with E-state index in [4.69, 9.17) is 4.74 Å². The molecule has 2 spiro atoms.